The lowest BCUT2D eigenvalue weighted by atomic mass is 9.46. The van der Waals surface area contributed by atoms with E-state index < -0.39 is 46.9 Å². The normalized spacial score (nSPS) is 22.9. The highest BCUT2D eigenvalue weighted by atomic mass is 16.6. The molecule has 0 radical (unpaired) electrons. The summed E-state index contributed by atoms with van der Waals surface area (Å²) in [5.41, 5.74) is 5.97. The van der Waals surface area contributed by atoms with Crippen molar-refractivity contribution in [3.63, 3.8) is 0 Å². The van der Waals surface area contributed by atoms with Gasteiger partial charge in [-0.05, 0) is 376 Å². The Morgan fingerprint density at radius 2 is 0.408 bits per heavy atom. The monoisotopic (exact) mass is 1240 g/mol. The van der Waals surface area contributed by atoms with E-state index in [4.69, 9.17) is 18.9 Å². The predicted molar refractivity (Wildman–Crippen MR) is 392 cm³/mol. The molecular weight excluding hydrogens is 1210 g/mol. The molecule has 2 spiro atoms. The molecule has 2 saturated heterocycles. The van der Waals surface area contributed by atoms with E-state index in [0.29, 0.717) is 5.69 Å². The van der Waals surface area contributed by atoms with Crippen LogP contribution in [-0.4, -0.2) is 74.5 Å². The number of carbonyl (C=O) groups is 4. The fourth-order valence-electron chi connectivity index (χ4n) is 29.4. The highest BCUT2D eigenvalue weighted by Gasteiger charge is 2.83. The van der Waals surface area contributed by atoms with Gasteiger partial charge in [-0.3, -0.25) is 0 Å². The van der Waals surface area contributed by atoms with Crippen LogP contribution >= 0.6 is 0 Å². The summed E-state index contributed by atoms with van der Waals surface area (Å²) in [7, 11) is 0. The third-order valence-corrected chi connectivity index (χ3v) is 30.4. The van der Waals surface area contributed by atoms with Crippen LogP contribution in [0.4, 0.5) is 11.4 Å². The molecule has 10 heteroatoms. The molecule has 4 aliphatic carbocycles. The fourth-order valence-corrected chi connectivity index (χ4v) is 29.4. The third kappa shape index (κ3) is 2.88. The Hall–Kier alpha value is -11.6. The van der Waals surface area contributed by atoms with Crippen molar-refractivity contribution in [2.45, 2.75) is 62.7 Å². The molecule has 0 N–H and O–H groups in total. The first-order valence-corrected chi connectivity index (χ1v) is 35.6. The highest BCUT2D eigenvalue weighted by molar-refractivity contribution is 6.82. The molecular formula is C88H32N2O8. The van der Waals surface area contributed by atoms with Gasteiger partial charge in [-0.1, -0.05) is 24.3 Å². The molecule has 0 unspecified atom stereocenters. The first-order valence-electron chi connectivity index (χ1n) is 35.6. The number of carbonyl (C=O) groups excluding carboxylic acids is 4. The van der Waals surface area contributed by atoms with Crippen LogP contribution in [0.5, 0.6) is 0 Å². The number of hydrogen-bond acceptors (Lipinski definition) is 10. The van der Waals surface area contributed by atoms with Crippen LogP contribution in [-0.2, 0) is 49.0 Å². The van der Waals surface area contributed by atoms with Crippen molar-refractivity contribution in [3.8, 4) is 11.1 Å². The SMILES string of the molecule is CCOC(=O)[C@@H]1[C@H](C(=O)OCC)N1c1ccc(-c2ccc(N3[C@@H](C(=O)OCC)C45c6c7c8c9c%10c%11c(c%12c%13c4c4c6c6c%14c7c7c8c8c%10c%10c%15c%11c%11c%12c%12c%13c%13c4c4c6c6c%14c%14c7c7c8c%10c8c%10c%15c%11c%11c%12c%12c%13c4c4c6c6c%14c7c8c7c%10c%11c%12c4c67)C95[C@@H]3C(=O)OCC)cc2)cc1. The maximum Gasteiger partial charge on any atom is 0.331 e. The second-order valence-corrected chi connectivity index (χ2v) is 32.0. The van der Waals surface area contributed by atoms with Crippen LogP contribution in [0.1, 0.15) is 49.9 Å². The zero-order valence-electron chi connectivity index (χ0n) is 51.9. The summed E-state index contributed by atoms with van der Waals surface area (Å²) >= 11 is 0. The quantitative estimate of drug-likeness (QED) is 0.0537. The highest BCUT2D eigenvalue weighted by Crippen LogP contribution is 2.87. The summed E-state index contributed by atoms with van der Waals surface area (Å²) in [4.78, 5) is 65.4. The van der Waals surface area contributed by atoms with E-state index in [1.54, 1.807) is 29.5 Å². The van der Waals surface area contributed by atoms with Crippen molar-refractivity contribution in [3.05, 3.63) is 70.8 Å². The lowest BCUT2D eigenvalue weighted by Gasteiger charge is -2.51. The standard InChI is InChI=1S/C88H32N2O8/c1-5-95-83(91)79-80(84(92)96-6-2)89(79)19-13-9-17(10-14-19)18-11-15-20(16-12-18)90-81(85(93)97-7-3)87-75-67-59-49-39-31-23-21-22-25-29-27(23)35-43-37(29)47-41-33(25)34-26(22)30-28-24(21)32(31)40-46-36(28)44-38(30)48-42(34)52-51(41)61-55(47)65-57(43)63(53(59)45(35)39)71(75)73(65)77-69(61)70-62(52)56(48)66-58(44)64-54(46)60(50(40)49)68(67)76(87)72(64)74(66)78(70)88(77,87)82(90)86(94)98-8-4/h9-16,79-82H,5-8H2,1-4H3/t79-,80+,81-,82-,87?,88?,89?/m0/s1. The number of benzene rings is 20. The fraction of sp³-hybridized carbons (Fsp3) is 0.159. The average molecular weight is 1250 g/mol. The Morgan fingerprint density at radius 1 is 0.245 bits per heavy atom. The van der Waals surface area contributed by atoms with Gasteiger partial charge in [-0.25, -0.2) is 19.2 Å². The first kappa shape index (κ1) is 43.5. The van der Waals surface area contributed by atoms with E-state index >= 15 is 9.59 Å². The second kappa shape index (κ2) is 11.3. The molecule has 0 aromatic heterocycles. The molecule has 4 atom stereocenters. The van der Waals surface area contributed by atoms with Crippen LogP contribution in [0.25, 0.3) is 302 Å². The van der Waals surface area contributed by atoms with Crippen LogP contribution in [0.3, 0.4) is 0 Å². The smallest absolute Gasteiger partial charge is 0.331 e. The maximum atomic E-state index is 17.4. The third-order valence-electron chi connectivity index (χ3n) is 30.4. The van der Waals surface area contributed by atoms with Gasteiger partial charge in [0, 0.05) is 11.4 Å². The van der Waals surface area contributed by atoms with E-state index in [0.717, 1.165) is 16.8 Å². The van der Waals surface area contributed by atoms with E-state index in [1.807, 2.05) is 38.1 Å². The molecule has 0 amide bonds. The van der Waals surface area contributed by atoms with E-state index in [-0.39, 0.29) is 38.4 Å². The van der Waals surface area contributed by atoms with Gasteiger partial charge in [-0.2, -0.15) is 0 Å². The summed E-state index contributed by atoms with van der Waals surface area (Å²) in [5.74, 6) is -1.53. The number of esters is 4. The van der Waals surface area contributed by atoms with Gasteiger partial charge in [-0.15, -0.1) is 0 Å². The number of nitrogens with zero attached hydrogens (tertiary/aromatic N) is 2. The topological polar surface area (TPSA) is 111 Å². The van der Waals surface area contributed by atoms with Gasteiger partial charge in [0.2, 0.25) is 0 Å². The van der Waals surface area contributed by atoms with Crippen LogP contribution in [0.2, 0.25) is 0 Å². The van der Waals surface area contributed by atoms with Crippen molar-refractivity contribution >= 4 is 326 Å². The van der Waals surface area contributed by atoms with Gasteiger partial charge in [0.1, 0.15) is 12.1 Å². The molecule has 2 aliphatic heterocycles. The zero-order chi connectivity index (χ0) is 61.9. The molecule has 0 bridgehead atoms. The summed E-state index contributed by atoms with van der Waals surface area (Å²) in [5, 5.41) is 78.2. The first-order chi connectivity index (χ1) is 48.4. The van der Waals surface area contributed by atoms with Crippen molar-refractivity contribution < 1.29 is 38.1 Å². The largest absolute Gasteiger partial charge is 0.464 e. The second-order valence-electron chi connectivity index (χ2n) is 32.0. The minimum absolute atomic E-state index is 0.167. The van der Waals surface area contributed by atoms with Gasteiger partial charge < -0.3 is 28.7 Å². The average Bonchev–Trinajstić information content (AvgIpc) is 1.38. The zero-order valence-corrected chi connectivity index (χ0v) is 51.9. The van der Waals surface area contributed by atoms with Gasteiger partial charge in [0.05, 0.1) is 37.3 Å². The molecule has 442 valence electrons. The number of anilines is 2. The van der Waals surface area contributed by atoms with E-state index in [2.05, 4.69) is 29.2 Å². The van der Waals surface area contributed by atoms with Crippen molar-refractivity contribution in [1.82, 2.24) is 0 Å². The molecule has 10 nitrogen and oxygen atoms in total. The molecule has 98 heavy (non-hydrogen) atoms. The molecule has 2 heterocycles. The van der Waals surface area contributed by atoms with Gasteiger partial charge >= 0.3 is 23.9 Å². The molecule has 0 saturated carbocycles. The summed E-state index contributed by atoms with van der Waals surface area (Å²) < 4.78 is 24.7. The Morgan fingerprint density at radius 3 is 0.592 bits per heavy atom. The molecule has 6 aliphatic rings. The van der Waals surface area contributed by atoms with E-state index in [9.17, 15) is 9.59 Å². The molecule has 30 aromatic rings. The lowest BCUT2D eigenvalue weighted by Crippen LogP contribution is -2.59. The predicted octanol–water partition coefficient (Wildman–Crippen LogP) is 19.0. The van der Waals surface area contributed by atoms with Crippen molar-refractivity contribution in [1.29, 1.82) is 0 Å². The number of rotatable bonds is 11. The maximum absolute atomic E-state index is 17.4. The Balaban J connectivity index is 0.794. The molecule has 2 fully saturated rings. The summed E-state index contributed by atoms with van der Waals surface area (Å²) in [6.45, 7) is 8.19. The van der Waals surface area contributed by atoms with Crippen molar-refractivity contribution in [2.75, 3.05) is 36.2 Å². The Kier molecular flexibility index (Phi) is 4.99. The molecule has 36 rings (SSSR count). The summed E-state index contributed by atoms with van der Waals surface area (Å²) in [6.07, 6.45) is 0. The van der Waals surface area contributed by atoms with Crippen LogP contribution in [0, 0.1) is 0 Å². The Labute approximate surface area is 542 Å². The van der Waals surface area contributed by atoms with Crippen molar-refractivity contribution in [2.24, 2.45) is 0 Å². The summed E-state index contributed by atoms with van der Waals surface area (Å²) in [6, 6.07) is 12.9. The van der Waals surface area contributed by atoms with E-state index in [1.165, 1.54) is 302 Å². The van der Waals surface area contributed by atoms with Gasteiger partial charge in [0.15, 0.2) is 12.1 Å². The van der Waals surface area contributed by atoms with Crippen LogP contribution < -0.4 is 9.80 Å². The minimum Gasteiger partial charge on any atom is -0.464 e. The van der Waals surface area contributed by atoms with Crippen LogP contribution in [0.15, 0.2) is 48.5 Å². The Bertz CT molecular complexity index is 8130. The number of ether oxygens (including phenoxy) is 4. The van der Waals surface area contributed by atoms with Gasteiger partial charge in [0.25, 0.3) is 0 Å². The number of hydrogen-bond donors (Lipinski definition) is 0. The molecule has 30 aromatic carbocycles. The minimum atomic E-state index is -1.21. The lowest BCUT2D eigenvalue weighted by molar-refractivity contribution is -0.147.